The third-order valence-corrected chi connectivity index (χ3v) is 4.26. The third kappa shape index (κ3) is 2.56. The maximum atomic E-state index is 13.2. The lowest BCUT2D eigenvalue weighted by atomic mass is 9.72. The minimum Gasteiger partial charge on any atom is -0.385 e. The van der Waals surface area contributed by atoms with Crippen molar-refractivity contribution in [3.63, 3.8) is 0 Å². The van der Waals surface area contributed by atoms with Gasteiger partial charge in [-0.3, -0.25) is 0 Å². The Hall–Kier alpha value is -0.960. The summed E-state index contributed by atoms with van der Waals surface area (Å²) in [5.74, 6) is -0.514. The molecule has 0 spiro atoms. The predicted octanol–water partition coefficient (Wildman–Crippen LogP) is 4.00. The van der Waals surface area contributed by atoms with Gasteiger partial charge in [0.1, 0.15) is 0 Å². The van der Waals surface area contributed by atoms with E-state index in [1.54, 1.807) is 0 Å². The van der Waals surface area contributed by atoms with Crippen molar-refractivity contribution in [2.75, 3.05) is 0 Å². The van der Waals surface area contributed by atoms with Gasteiger partial charge in [-0.2, -0.15) is 0 Å². The second kappa shape index (κ2) is 4.96. The standard InChI is InChI=1S/C15H20F2O/c1-10(2)11-5-7-15(18,8-6-11)12-3-4-13(16)14(17)9-12/h3-4,9-11,18H,5-8H2,1-2H3/t11-,15+. The molecule has 1 nitrogen and oxygen atoms in total. The molecule has 1 aromatic rings. The van der Waals surface area contributed by atoms with Crippen LogP contribution in [0.5, 0.6) is 0 Å². The van der Waals surface area contributed by atoms with Crippen LogP contribution >= 0.6 is 0 Å². The van der Waals surface area contributed by atoms with Crippen LogP contribution in [0, 0.1) is 23.5 Å². The first-order valence-corrected chi connectivity index (χ1v) is 6.60. The molecule has 0 heterocycles. The van der Waals surface area contributed by atoms with Crippen molar-refractivity contribution >= 4 is 0 Å². The van der Waals surface area contributed by atoms with Crippen LogP contribution in [0.25, 0.3) is 0 Å². The molecule has 0 aromatic heterocycles. The highest BCUT2D eigenvalue weighted by molar-refractivity contribution is 5.24. The summed E-state index contributed by atoms with van der Waals surface area (Å²) in [6, 6.07) is 3.72. The topological polar surface area (TPSA) is 20.2 Å². The van der Waals surface area contributed by atoms with Crippen LogP contribution in [0.4, 0.5) is 8.78 Å². The largest absolute Gasteiger partial charge is 0.385 e. The van der Waals surface area contributed by atoms with Gasteiger partial charge in [0.05, 0.1) is 5.60 Å². The molecule has 0 atom stereocenters. The zero-order chi connectivity index (χ0) is 13.3. The summed E-state index contributed by atoms with van der Waals surface area (Å²) >= 11 is 0. The normalized spacial score (nSPS) is 28.7. The molecule has 1 aromatic carbocycles. The van der Waals surface area contributed by atoms with Crippen molar-refractivity contribution in [1.29, 1.82) is 0 Å². The average molecular weight is 254 g/mol. The number of benzene rings is 1. The van der Waals surface area contributed by atoms with Gasteiger partial charge in [-0.05, 0) is 55.2 Å². The molecule has 2 rings (SSSR count). The van der Waals surface area contributed by atoms with Gasteiger partial charge < -0.3 is 5.11 Å². The van der Waals surface area contributed by atoms with Crippen molar-refractivity contribution in [2.24, 2.45) is 11.8 Å². The summed E-state index contributed by atoms with van der Waals surface area (Å²) in [4.78, 5) is 0. The monoisotopic (exact) mass is 254 g/mol. The molecule has 0 aliphatic heterocycles. The summed E-state index contributed by atoms with van der Waals surface area (Å²) in [6.07, 6.45) is 3.13. The first kappa shape index (κ1) is 13.5. The quantitative estimate of drug-likeness (QED) is 0.845. The van der Waals surface area contributed by atoms with Crippen LogP contribution in [0.3, 0.4) is 0 Å². The summed E-state index contributed by atoms with van der Waals surface area (Å²) < 4.78 is 26.1. The van der Waals surface area contributed by atoms with Crippen LogP contribution in [-0.2, 0) is 5.60 Å². The van der Waals surface area contributed by atoms with Gasteiger partial charge in [0.25, 0.3) is 0 Å². The van der Waals surface area contributed by atoms with Crippen LogP contribution in [0.2, 0.25) is 0 Å². The number of hydrogen-bond acceptors (Lipinski definition) is 1. The fraction of sp³-hybridized carbons (Fsp3) is 0.600. The Morgan fingerprint density at radius 1 is 1.17 bits per heavy atom. The number of halogens is 2. The fourth-order valence-corrected chi connectivity index (χ4v) is 2.86. The van der Waals surface area contributed by atoms with Crippen molar-refractivity contribution in [2.45, 2.75) is 45.1 Å². The minimum absolute atomic E-state index is 0.503. The molecule has 0 unspecified atom stereocenters. The number of rotatable bonds is 2. The van der Waals surface area contributed by atoms with Crippen LogP contribution in [0.15, 0.2) is 18.2 Å². The van der Waals surface area contributed by atoms with E-state index in [1.165, 1.54) is 6.07 Å². The molecule has 1 aliphatic carbocycles. The van der Waals surface area contributed by atoms with Crippen LogP contribution in [0.1, 0.15) is 45.1 Å². The van der Waals surface area contributed by atoms with E-state index in [4.69, 9.17) is 0 Å². The van der Waals surface area contributed by atoms with E-state index < -0.39 is 17.2 Å². The van der Waals surface area contributed by atoms with Crippen molar-refractivity contribution in [1.82, 2.24) is 0 Å². The summed E-state index contributed by atoms with van der Waals surface area (Å²) in [5, 5.41) is 10.6. The van der Waals surface area contributed by atoms with Gasteiger partial charge in [0.2, 0.25) is 0 Å². The Kier molecular flexibility index (Phi) is 3.71. The van der Waals surface area contributed by atoms with E-state index in [2.05, 4.69) is 13.8 Å². The first-order chi connectivity index (χ1) is 8.42. The summed E-state index contributed by atoms with van der Waals surface area (Å²) in [6.45, 7) is 4.37. The minimum atomic E-state index is -0.986. The third-order valence-electron chi connectivity index (χ3n) is 4.26. The van der Waals surface area contributed by atoms with E-state index in [9.17, 15) is 13.9 Å². The summed E-state index contributed by atoms with van der Waals surface area (Å²) in [7, 11) is 0. The molecular formula is C15H20F2O. The van der Waals surface area contributed by atoms with E-state index in [0.717, 1.165) is 25.0 Å². The molecule has 1 N–H and O–H groups in total. The van der Waals surface area contributed by atoms with Gasteiger partial charge in [-0.15, -0.1) is 0 Å². The Labute approximate surface area is 107 Å². The molecule has 0 amide bonds. The zero-order valence-corrected chi connectivity index (χ0v) is 10.9. The lowest BCUT2D eigenvalue weighted by Crippen LogP contribution is -2.33. The Morgan fingerprint density at radius 2 is 1.78 bits per heavy atom. The van der Waals surface area contributed by atoms with Crippen LogP contribution < -0.4 is 0 Å². The predicted molar refractivity (Wildman–Crippen MR) is 67.1 cm³/mol. The van der Waals surface area contributed by atoms with Gasteiger partial charge in [0, 0.05) is 0 Å². The lowest BCUT2D eigenvalue weighted by molar-refractivity contribution is -0.0202. The second-order valence-corrected chi connectivity index (χ2v) is 5.74. The first-order valence-electron chi connectivity index (χ1n) is 6.60. The molecule has 1 aliphatic rings. The lowest BCUT2D eigenvalue weighted by Gasteiger charge is -2.38. The van der Waals surface area contributed by atoms with Gasteiger partial charge in [0.15, 0.2) is 11.6 Å². The van der Waals surface area contributed by atoms with Crippen LogP contribution in [-0.4, -0.2) is 5.11 Å². The number of hydrogen-bond donors (Lipinski definition) is 1. The van der Waals surface area contributed by atoms with E-state index in [1.807, 2.05) is 0 Å². The molecule has 100 valence electrons. The van der Waals surface area contributed by atoms with Crippen molar-refractivity contribution < 1.29 is 13.9 Å². The Morgan fingerprint density at radius 3 is 2.28 bits per heavy atom. The van der Waals surface area contributed by atoms with Crippen molar-refractivity contribution in [3.8, 4) is 0 Å². The Bertz CT molecular complexity index is 421. The maximum Gasteiger partial charge on any atom is 0.159 e. The smallest absolute Gasteiger partial charge is 0.159 e. The highest BCUT2D eigenvalue weighted by atomic mass is 19.2. The fourth-order valence-electron chi connectivity index (χ4n) is 2.86. The molecule has 0 saturated heterocycles. The van der Waals surface area contributed by atoms with E-state index in [-0.39, 0.29) is 0 Å². The molecule has 18 heavy (non-hydrogen) atoms. The average Bonchev–Trinajstić information content (AvgIpc) is 2.33. The second-order valence-electron chi connectivity index (χ2n) is 5.74. The molecular weight excluding hydrogens is 234 g/mol. The highest BCUT2D eigenvalue weighted by Crippen LogP contribution is 2.41. The molecule has 0 radical (unpaired) electrons. The molecule has 3 heteroatoms. The highest BCUT2D eigenvalue weighted by Gasteiger charge is 2.35. The summed E-state index contributed by atoms with van der Waals surface area (Å²) in [5.41, 5.74) is -0.483. The SMILES string of the molecule is CC(C)[C@H]1CC[C@](O)(c2ccc(F)c(F)c2)CC1. The molecule has 1 fully saturated rings. The zero-order valence-electron chi connectivity index (χ0n) is 10.9. The molecule has 0 bridgehead atoms. The molecule has 1 saturated carbocycles. The van der Waals surface area contributed by atoms with Crippen molar-refractivity contribution in [3.05, 3.63) is 35.4 Å². The van der Waals surface area contributed by atoms with E-state index in [0.29, 0.717) is 30.2 Å². The Balaban J connectivity index is 2.15. The van der Waals surface area contributed by atoms with Gasteiger partial charge in [-0.1, -0.05) is 19.9 Å². The van der Waals surface area contributed by atoms with E-state index >= 15 is 0 Å². The van der Waals surface area contributed by atoms with Gasteiger partial charge in [-0.25, -0.2) is 8.78 Å². The number of aliphatic hydroxyl groups is 1. The van der Waals surface area contributed by atoms with Gasteiger partial charge >= 0.3 is 0 Å². The maximum absolute atomic E-state index is 13.2.